The fourth-order valence-corrected chi connectivity index (χ4v) is 3.66. The molecule has 2 heterocycles. The van der Waals surface area contributed by atoms with Gasteiger partial charge in [-0.3, -0.25) is 4.79 Å². The van der Waals surface area contributed by atoms with Crippen molar-refractivity contribution in [3.63, 3.8) is 0 Å². The first-order chi connectivity index (χ1) is 13.3. The van der Waals surface area contributed by atoms with E-state index in [1.807, 2.05) is 53.4 Å². The third kappa shape index (κ3) is 3.43. The van der Waals surface area contributed by atoms with Crippen molar-refractivity contribution in [3.8, 4) is 0 Å². The number of aryl methyl sites for hydroxylation is 1. The Labute approximate surface area is 160 Å². The largest absolute Gasteiger partial charge is 0.327 e. The van der Waals surface area contributed by atoms with E-state index in [9.17, 15) is 4.79 Å². The molecule has 0 N–H and O–H groups in total. The molecule has 0 radical (unpaired) electrons. The molecule has 0 atom stereocenters. The van der Waals surface area contributed by atoms with Crippen molar-refractivity contribution in [1.29, 1.82) is 0 Å². The molecule has 1 aliphatic rings. The second-order valence-electron chi connectivity index (χ2n) is 6.67. The lowest BCUT2D eigenvalue weighted by Gasteiger charge is -2.29. The molecule has 4 rings (SSSR count). The van der Waals surface area contributed by atoms with Gasteiger partial charge in [-0.25, -0.2) is 4.98 Å². The van der Waals surface area contributed by atoms with Crippen LogP contribution in [-0.4, -0.2) is 24.0 Å². The number of carbonyl (C=O) groups excluding carboxylic acids is 1. The van der Waals surface area contributed by atoms with Crippen LogP contribution in [0.3, 0.4) is 0 Å². The normalized spacial score (nSPS) is 13.1. The molecule has 0 spiro atoms. The molecular formula is C23H23N3O. The van der Waals surface area contributed by atoms with Gasteiger partial charge in [0.2, 0.25) is 0 Å². The second-order valence-corrected chi connectivity index (χ2v) is 6.67. The van der Waals surface area contributed by atoms with Crippen LogP contribution in [0.2, 0.25) is 0 Å². The molecule has 3 aromatic rings. The summed E-state index contributed by atoms with van der Waals surface area (Å²) in [4.78, 5) is 21.6. The van der Waals surface area contributed by atoms with Crippen LogP contribution in [0, 0.1) is 0 Å². The molecule has 0 fully saturated rings. The highest BCUT2D eigenvalue weighted by atomic mass is 16.2. The molecule has 1 aliphatic heterocycles. The van der Waals surface area contributed by atoms with Gasteiger partial charge in [0.05, 0.1) is 5.56 Å². The topological polar surface area (TPSA) is 36.4 Å². The number of hydrogen-bond donors (Lipinski definition) is 0. The summed E-state index contributed by atoms with van der Waals surface area (Å²) < 4.78 is 0. The van der Waals surface area contributed by atoms with E-state index in [4.69, 9.17) is 0 Å². The lowest BCUT2D eigenvalue weighted by molar-refractivity contribution is 0.0985. The minimum atomic E-state index is 0.0176. The molecule has 0 saturated carbocycles. The molecule has 136 valence electrons. The molecule has 0 saturated heterocycles. The molecular weight excluding hydrogens is 334 g/mol. The van der Waals surface area contributed by atoms with Gasteiger partial charge in [0, 0.05) is 30.7 Å². The first-order valence-electron chi connectivity index (χ1n) is 9.46. The van der Waals surface area contributed by atoms with Crippen molar-refractivity contribution in [3.05, 3.63) is 84.1 Å². The Morgan fingerprint density at radius 1 is 1.04 bits per heavy atom. The molecule has 1 amide bonds. The molecule has 4 heteroatoms. The van der Waals surface area contributed by atoms with Crippen molar-refractivity contribution in [2.24, 2.45) is 0 Å². The Morgan fingerprint density at radius 2 is 1.81 bits per heavy atom. The highest BCUT2D eigenvalue weighted by molar-refractivity contribution is 6.06. The van der Waals surface area contributed by atoms with Gasteiger partial charge in [0.1, 0.15) is 5.82 Å². The van der Waals surface area contributed by atoms with Crippen LogP contribution in [0.25, 0.3) is 0 Å². The zero-order valence-electron chi connectivity index (χ0n) is 15.5. The summed E-state index contributed by atoms with van der Waals surface area (Å²) in [6, 6.07) is 22.1. The van der Waals surface area contributed by atoms with Crippen LogP contribution < -0.4 is 9.80 Å². The maximum Gasteiger partial charge on any atom is 0.259 e. The van der Waals surface area contributed by atoms with Gasteiger partial charge in [-0.2, -0.15) is 0 Å². The highest BCUT2D eigenvalue weighted by Crippen LogP contribution is 2.28. The van der Waals surface area contributed by atoms with Gasteiger partial charge in [-0.15, -0.1) is 0 Å². The molecule has 1 aromatic heterocycles. The summed E-state index contributed by atoms with van der Waals surface area (Å²) in [6.45, 7) is 3.66. The summed E-state index contributed by atoms with van der Waals surface area (Å²) in [7, 11) is 0. The summed E-state index contributed by atoms with van der Waals surface area (Å²) in [5, 5.41) is 0. The lowest BCUT2D eigenvalue weighted by Crippen LogP contribution is -2.35. The lowest BCUT2D eigenvalue weighted by atomic mass is 10.0. The maximum absolute atomic E-state index is 13.1. The number of anilines is 3. The summed E-state index contributed by atoms with van der Waals surface area (Å²) >= 11 is 0. The zero-order valence-corrected chi connectivity index (χ0v) is 15.5. The number of nitrogens with zero attached hydrogens (tertiary/aromatic N) is 3. The monoisotopic (exact) mass is 357 g/mol. The van der Waals surface area contributed by atoms with Crippen LogP contribution in [0.5, 0.6) is 0 Å². The predicted octanol–water partition coefficient (Wildman–Crippen LogP) is 4.83. The van der Waals surface area contributed by atoms with E-state index >= 15 is 0 Å². The van der Waals surface area contributed by atoms with Crippen LogP contribution in [0.15, 0.2) is 72.9 Å². The Kier molecular flexibility index (Phi) is 4.88. The molecule has 4 nitrogen and oxygen atoms in total. The van der Waals surface area contributed by atoms with Crippen molar-refractivity contribution in [2.45, 2.75) is 19.8 Å². The minimum Gasteiger partial charge on any atom is -0.327 e. The molecule has 0 unspecified atom stereocenters. The highest BCUT2D eigenvalue weighted by Gasteiger charge is 2.23. The van der Waals surface area contributed by atoms with Gasteiger partial charge in [0.15, 0.2) is 0 Å². The fourth-order valence-electron chi connectivity index (χ4n) is 3.66. The van der Waals surface area contributed by atoms with E-state index in [0.29, 0.717) is 5.56 Å². The Hall–Kier alpha value is -3.14. The number of carbonyl (C=O) groups is 1. The van der Waals surface area contributed by atoms with Gasteiger partial charge in [-0.05, 0) is 55.7 Å². The van der Waals surface area contributed by atoms with Gasteiger partial charge in [-0.1, -0.05) is 36.4 Å². The second kappa shape index (κ2) is 7.62. The fraction of sp³-hybridized carbons (Fsp3) is 0.217. The van der Waals surface area contributed by atoms with Crippen LogP contribution in [0.4, 0.5) is 17.2 Å². The zero-order chi connectivity index (χ0) is 18.6. The predicted molar refractivity (Wildman–Crippen MR) is 110 cm³/mol. The molecule has 27 heavy (non-hydrogen) atoms. The number of fused-ring (bicyclic) bond motifs is 1. The minimum absolute atomic E-state index is 0.0176. The van der Waals surface area contributed by atoms with Gasteiger partial charge in [0.25, 0.3) is 5.91 Å². The van der Waals surface area contributed by atoms with E-state index in [0.717, 1.165) is 43.1 Å². The summed E-state index contributed by atoms with van der Waals surface area (Å²) in [5.74, 6) is 0.864. The number of aromatic nitrogens is 1. The SMILES string of the molecule is CCN(c1ccccc1)c1ccc(C(=O)N2CCCc3ccccc32)cn1. The van der Waals surface area contributed by atoms with E-state index in [2.05, 4.69) is 35.0 Å². The number of amides is 1. The third-order valence-corrected chi connectivity index (χ3v) is 5.01. The van der Waals surface area contributed by atoms with Gasteiger partial charge >= 0.3 is 0 Å². The number of rotatable bonds is 4. The van der Waals surface area contributed by atoms with Crippen LogP contribution >= 0.6 is 0 Å². The summed E-state index contributed by atoms with van der Waals surface area (Å²) in [6.07, 6.45) is 3.71. The van der Waals surface area contributed by atoms with E-state index in [-0.39, 0.29) is 5.91 Å². The number of hydrogen-bond acceptors (Lipinski definition) is 3. The Morgan fingerprint density at radius 3 is 2.56 bits per heavy atom. The van der Waals surface area contributed by atoms with Crippen LogP contribution in [-0.2, 0) is 6.42 Å². The molecule has 0 bridgehead atoms. The van der Waals surface area contributed by atoms with E-state index in [1.54, 1.807) is 6.20 Å². The van der Waals surface area contributed by atoms with Crippen molar-refractivity contribution in [1.82, 2.24) is 4.98 Å². The van der Waals surface area contributed by atoms with Crippen molar-refractivity contribution in [2.75, 3.05) is 22.9 Å². The maximum atomic E-state index is 13.1. The average molecular weight is 357 g/mol. The number of benzene rings is 2. The Bertz CT molecular complexity index is 922. The van der Waals surface area contributed by atoms with E-state index in [1.165, 1.54) is 5.56 Å². The standard InChI is InChI=1S/C23H23N3O/c1-2-25(20-11-4-3-5-12-20)22-15-14-19(17-24-22)23(27)26-16-8-10-18-9-6-7-13-21(18)26/h3-7,9,11-15,17H,2,8,10,16H2,1H3. The van der Waals surface area contributed by atoms with Crippen molar-refractivity contribution >= 4 is 23.1 Å². The number of pyridine rings is 1. The summed E-state index contributed by atoms with van der Waals surface area (Å²) in [5.41, 5.74) is 3.98. The van der Waals surface area contributed by atoms with Crippen LogP contribution in [0.1, 0.15) is 29.3 Å². The molecule has 0 aliphatic carbocycles. The quantitative estimate of drug-likeness (QED) is 0.671. The number of para-hydroxylation sites is 2. The van der Waals surface area contributed by atoms with E-state index < -0.39 is 0 Å². The first kappa shape index (κ1) is 17.3. The van der Waals surface area contributed by atoms with Gasteiger partial charge < -0.3 is 9.80 Å². The first-order valence-corrected chi connectivity index (χ1v) is 9.46. The average Bonchev–Trinajstić information content (AvgIpc) is 2.75. The Balaban J connectivity index is 1.59. The van der Waals surface area contributed by atoms with Crippen molar-refractivity contribution < 1.29 is 4.79 Å². The smallest absolute Gasteiger partial charge is 0.259 e. The molecule has 2 aromatic carbocycles. The third-order valence-electron chi connectivity index (χ3n) is 5.01.